The highest BCUT2D eigenvalue weighted by Crippen LogP contribution is 2.18. The molecule has 2 heterocycles. The highest BCUT2D eigenvalue weighted by atomic mass is 16.5. The number of rotatable bonds is 7. The first kappa shape index (κ1) is 18.2. The quantitative estimate of drug-likeness (QED) is 0.690. The van der Waals surface area contributed by atoms with Crippen LogP contribution in [0.2, 0.25) is 0 Å². The normalized spacial score (nSPS) is 11.6. The topological polar surface area (TPSA) is 90.7 Å². The molecular formula is C20H18N2O5. The molecule has 0 spiro atoms. The third-order valence-corrected chi connectivity index (χ3v) is 3.69. The first-order valence-electron chi connectivity index (χ1n) is 8.30. The van der Waals surface area contributed by atoms with Crippen LogP contribution in [0.4, 0.5) is 0 Å². The van der Waals surface area contributed by atoms with Crippen molar-refractivity contribution in [1.82, 2.24) is 9.55 Å². The zero-order chi connectivity index (χ0) is 19.2. The highest BCUT2D eigenvalue weighted by molar-refractivity contribution is 5.87. The zero-order valence-electron chi connectivity index (χ0n) is 14.6. The minimum Gasteiger partial charge on any atom is -0.487 e. The summed E-state index contributed by atoms with van der Waals surface area (Å²) in [5.74, 6) is -0.323. The summed E-state index contributed by atoms with van der Waals surface area (Å²) in [7, 11) is 0. The predicted octanol–water partition coefficient (Wildman–Crippen LogP) is 3.20. The Bertz CT molecular complexity index is 971. The van der Waals surface area contributed by atoms with Crippen LogP contribution in [0.1, 0.15) is 17.3 Å². The van der Waals surface area contributed by atoms with Crippen LogP contribution < -0.4 is 14.9 Å². The lowest BCUT2D eigenvalue weighted by Crippen LogP contribution is -2.24. The van der Waals surface area contributed by atoms with Crippen LogP contribution in [0.3, 0.4) is 0 Å². The average molecular weight is 366 g/mol. The highest BCUT2D eigenvalue weighted by Gasteiger charge is 2.17. The number of carboxylic acids is 1. The number of pyridine rings is 2. The van der Waals surface area contributed by atoms with Gasteiger partial charge in [-0.3, -0.25) is 9.78 Å². The van der Waals surface area contributed by atoms with Gasteiger partial charge in [0, 0.05) is 12.4 Å². The van der Waals surface area contributed by atoms with Gasteiger partial charge in [-0.2, -0.15) is 0 Å². The van der Waals surface area contributed by atoms with E-state index >= 15 is 0 Å². The van der Waals surface area contributed by atoms with E-state index in [4.69, 9.17) is 9.47 Å². The van der Waals surface area contributed by atoms with Crippen LogP contribution in [-0.2, 0) is 6.54 Å². The van der Waals surface area contributed by atoms with Crippen molar-refractivity contribution in [1.29, 1.82) is 0 Å². The molecule has 0 bridgehead atoms. The standard InChI is InChI=1S/C20H18N2O5/c1-14(26-16-8-5-9-21-10-16)11-22-12-17(20(24)25)19(23)18(13-22)27-15-6-3-2-4-7-15/h2-10,12-14H,11H2,1H3,(H,24,25). The van der Waals surface area contributed by atoms with E-state index in [2.05, 4.69) is 4.98 Å². The Morgan fingerprint density at radius 3 is 2.56 bits per heavy atom. The van der Waals surface area contributed by atoms with Gasteiger partial charge in [0.05, 0.1) is 18.9 Å². The Kier molecular flexibility index (Phi) is 5.51. The summed E-state index contributed by atoms with van der Waals surface area (Å²) in [6, 6.07) is 12.3. The molecule has 1 N–H and O–H groups in total. The molecule has 0 fully saturated rings. The summed E-state index contributed by atoms with van der Waals surface area (Å²) in [5.41, 5.74) is -1.04. The molecule has 0 saturated carbocycles. The van der Waals surface area contributed by atoms with Crippen LogP contribution in [0.15, 0.2) is 72.0 Å². The maximum atomic E-state index is 12.4. The summed E-state index contributed by atoms with van der Waals surface area (Å²) < 4.78 is 12.9. The van der Waals surface area contributed by atoms with Crippen molar-refractivity contribution in [2.45, 2.75) is 19.6 Å². The predicted molar refractivity (Wildman–Crippen MR) is 98.5 cm³/mol. The minimum atomic E-state index is -1.31. The summed E-state index contributed by atoms with van der Waals surface area (Å²) in [5, 5.41) is 9.34. The van der Waals surface area contributed by atoms with Crippen LogP contribution >= 0.6 is 0 Å². The van der Waals surface area contributed by atoms with Gasteiger partial charge >= 0.3 is 5.97 Å². The zero-order valence-corrected chi connectivity index (χ0v) is 14.6. The molecule has 0 aliphatic heterocycles. The summed E-state index contributed by atoms with van der Waals surface area (Å²) in [6.07, 6.45) is 5.71. The lowest BCUT2D eigenvalue weighted by atomic mass is 10.2. The Morgan fingerprint density at radius 1 is 1.15 bits per heavy atom. The number of carbonyl (C=O) groups is 1. The molecule has 0 aliphatic carbocycles. The summed E-state index contributed by atoms with van der Waals surface area (Å²) in [4.78, 5) is 27.8. The first-order chi connectivity index (χ1) is 13.0. The van der Waals surface area contributed by atoms with E-state index in [9.17, 15) is 14.7 Å². The number of aromatic nitrogens is 2. The number of para-hydroxylation sites is 1. The number of hydrogen-bond acceptors (Lipinski definition) is 5. The molecule has 1 unspecified atom stereocenters. The number of ether oxygens (including phenoxy) is 2. The molecule has 1 atom stereocenters. The number of carboxylic acid groups (broad SMARTS) is 1. The van der Waals surface area contributed by atoms with E-state index in [1.165, 1.54) is 12.4 Å². The van der Waals surface area contributed by atoms with Crippen molar-refractivity contribution in [3.63, 3.8) is 0 Å². The molecule has 0 amide bonds. The van der Waals surface area contributed by atoms with Crippen LogP contribution in [-0.4, -0.2) is 26.7 Å². The largest absolute Gasteiger partial charge is 0.487 e. The molecule has 1 aromatic carbocycles. The third kappa shape index (κ3) is 4.72. The molecule has 7 heteroatoms. The van der Waals surface area contributed by atoms with E-state index in [1.54, 1.807) is 53.4 Å². The molecule has 0 radical (unpaired) electrons. The van der Waals surface area contributed by atoms with Crippen molar-refractivity contribution in [3.05, 3.63) is 83.0 Å². The molecule has 27 heavy (non-hydrogen) atoms. The lowest BCUT2D eigenvalue weighted by Gasteiger charge is -2.17. The Labute approximate surface area is 155 Å². The van der Waals surface area contributed by atoms with Crippen molar-refractivity contribution < 1.29 is 19.4 Å². The van der Waals surface area contributed by atoms with Gasteiger partial charge in [0.15, 0.2) is 5.75 Å². The van der Waals surface area contributed by atoms with Gasteiger partial charge in [0.2, 0.25) is 5.43 Å². The minimum absolute atomic E-state index is 0.0605. The van der Waals surface area contributed by atoms with Gasteiger partial charge in [-0.15, -0.1) is 0 Å². The second kappa shape index (κ2) is 8.18. The fourth-order valence-corrected chi connectivity index (χ4v) is 2.53. The number of benzene rings is 1. The second-order valence-electron chi connectivity index (χ2n) is 5.90. The second-order valence-corrected chi connectivity index (χ2v) is 5.90. The van der Waals surface area contributed by atoms with Gasteiger partial charge in [0.25, 0.3) is 0 Å². The van der Waals surface area contributed by atoms with Gasteiger partial charge in [0.1, 0.15) is 23.2 Å². The van der Waals surface area contributed by atoms with Crippen molar-refractivity contribution in [2.75, 3.05) is 0 Å². The Hall–Kier alpha value is -3.61. The fraction of sp³-hybridized carbons (Fsp3) is 0.150. The fourth-order valence-electron chi connectivity index (χ4n) is 2.53. The first-order valence-corrected chi connectivity index (χ1v) is 8.30. The third-order valence-electron chi connectivity index (χ3n) is 3.69. The summed E-state index contributed by atoms with van der Waals surface area (Å²) >= 11 is 0. The SMILES string of the molecule is CC(Cn1cc(Oc2ccccc2)c(=O)c(C(=O)O)c1)Oc1cccnc1. The molecule has 7 nitrogen and oxygen atoms in total. The monoisotopic (exact) mass is 366 g/mol. The average Bonchev–Trinajstić information content (AvgIpc) is 2.65. The number of nitrogens with zero attached hydrogens (tertiary/aromatic N) is 2. The van der Waals surface area contributed by atoms with E-state index in [0.29, 0.717) is 18.0 Å². The molecule has 3 aromatic rings. The molecular weight excluding hydrogens is 348 g/mol. The lowest BCUT2D eigenvalue weighted by molar-refractivity contribution is 0.0693. The number of aromatic carboxylic acids is 1. The Morgan fingerprint density at radius 2 is 1.89 bits per heavy atom. The molecule has 2 aromatic heterocycles. The van der Waals surface area contributed by atoms with E-state index in [-0.39, 0.29) is 17.4 Å². The van der Waals surface area contributed by atoms with E-state index in [1.807, 2.05) is 13.0 Å². The van der Waals surface area contributed by atoms with Crippen LogP contribution in [0.25, 0.3) is 0 Å². The smallest absolute Gasteiger partial charge is 0.341 e. The van der Waals surface area contributed by atoms with Crippen molar-refractivity contribution in [2.24, 2.45) is 0 Å². The van der Waals surface area contributed by atoms with Crippen LogP contribution in [0, 0.1) is 0 Å². The molecule has 138 valence electrons. The molecule has 0 aliphatic rings. The van der Waals surface area contributed by atoms with Gasteiger partial charge in [-0.05, 0) is 31.2 Å². The maximum Gasteiger partial charge on any atom is 0.341 e. The van der Waals surface area contributed by atoms with Gasteiger partial charge in [-0.1, -0.05) is 18.2 Å². The van der Waals surface area contributed by atoms with Gasteiger partial charge in [-0.25, -0.2) is 4.79 Å². The number of hydrogen-bond donors (Lipinski definition) is 1. The van der Waals surface area contributed by atoms with Crippen molar-refractivity contribution in [3.8, 4) is 17.2 Å². The van der Waals surface area contributed by atoms with Crippen molar-refractivity contribution >= 4 is 5.97 Å². The van der Waals surface area contributed by atoms with E-state index < -0.39 is 11.4 Å². The Balaban J connectivity index is 1.86. The van der Waals surface area contributed by atoms with E-state index in [0.717, 1.165) is 0 Å². The maximum absolute atomic E-state index is 12.4. The van der Waals surface area contributed by atoms with Crippen LogP contribution in [0.5, 0.6) is 17.2 Å². The molecule has 3 rings (SSSR count). The summed E-state index contributed by atoms with van der Waals surface area (Å²) in [6.45, 7) is 2.16. The molecule has 0 saturated heterocycles. The van der Waals surface area contributed by atoms with Gasteiger partial charge < -0.3 is 19.1 Å².